The Morgan fingerprint density at radius 1 is 1.19 bits per heavy atom. The molecular formula is C18H22BrNO. The normalized spacial score (nSPS) is 12.2. The van der Waals surface area contributed by atoms with Gasteiger partial charge in [0.1, 0.15) is 5.75 Å². The van der Waals surface area contributed by atoms with Gasteiger partial charge in [0.2, 0.25) is 0 Å². The highest BCUT2D eigenvalue weighted by Crippen LogP contribution is 2.31. The van der Waals surface area contributed by atoms with Crippen molar-refractivity contribution in [3.8, 4) is 5.75 Å². The first-order valence-corrected chi connectivity index (χ1v) is 8.08. The topological polar surface area (TPSA) is 21.3 Å². The van der Waals surface area contributed by atoms with Crippen LogP contribution in [-0.4, -0.2) is 13.7 Å². The van der Waals surface area contributed by atoms with Gasteiger partial charge >= 0.3 is 0 Å². The van der Waals surface area contributed by atoms with E-state index >= 15 is 0 Å². The van der Waals surface area contributed by atoms with E-state index in [1.807, 2.05) is 12.1 Å². The summed E-state index contributed by atoms with van der Waals surface area (Å²) in [4.78, 5) is 0. The van der Waals surface area contributed by atoms with Gasteiger partial charge in [-0.3, -0.25) is 0 Å². The molecule has 0 saturated carbocycles. The van der Waals surface area contributed by atoms with Crippen molar-refractivity contribution in [1.82, 2.24) is 5.32 Å². The Hall–Kier alpha value is -1.32. The minimum absolute atomic E-state index is 0.136. The maximum atomic E-state index is 5.54. The quantitative estimate of drug-likeness (QED) is 0.805. The van der Waals surface area contributed by atoms with E-state index in [-0.39, 0.29) is 6.04 Å². The maximum absolute atomic E-state index is 5.54. The predicted molar refractivity (Wildman–Crippen MR) is 92.0 cm³/mol. The zero-order chi connectivity index (χ0) is 15.2. The molecule has 112 valence electrons. The molecular weight excluding hydrogens is 326 g/mol. The molecule has 0 bridgehead atoms. The number of benzene rings is 2. The summed E-state index contributed by atoms with van der Waals surface area (Å²) in [6, 6.07) is 14.9. The monoisotopic (exact) mass is 347 g/mol. The molecule has 0 spiro atoms. The Kier molecular flexibility index (Phi) is 5.83. The summed E-state index contributed by atoms with van der Waals surface area (Å²) in [6.07, 6.45) is 1.10. The van der Waals surface area contributed by atoms with E-state index in [9.17, 15) is 0 Å². The number of aryl methyl sites for hydroxylation is 1. The number of methoxy groups -OCH3 is 1. The van der Waals surface area contributed by atoms with Crippen LogP contribution in [0, 0.1) is 6.92 Å². The highest BCUT2D eigenvalue weighted by Gasteiger charge is 2.17. The van der Waals surface area contributed by atoms with Crippen LogP contribution < -0.4 is 10.1 Å². The molecule has 0 aliphatic carbocycles. The van der Waals surface area contributed by atoms with E-state index in [0.717, 1.165) is 23.2 Å². The second kappa shape index (κ2) is 7.62. The van der Waals surface area contributed by atoms with Gasteiger partial charge in [0.05, 0.1) is 13.2 Å². The van der Waals surface area contributed by atoms with Crippen molar-refractivity contribution in [2.24, 2.45) is 0 Å². The van der Waals surface area contributed by atoms with Gasteiger partial charge in [0.15, 0.2) is 0 Å². The Morgan fingerprint density at radius 3 is 2.62 bits per heavy atom. The fourth-order valence-electron chi connectivity index (χ4n) is 2.53. The summed E-state index contributed by atoms with van der Waals surface area (Å²) in [5.41, 5.74) is 3.67. The molecule has 0 saturated heterocycles. The summed E-state index contributed by atoms with van der Waals surface area (Å²) in [7, 11) is 1.72. The van der Waals surface area contributed by atoms with E-state index in [0.29, 0.717) is 0 Å². The lowest BCUT2D eigenvalue weighted by molar-refractivity contribution is 0.404. The first kappa shape index (κ1) is 16.1. The molecule has 0 aromatic heterocycles. The molecule has 2 rings (SSSR count). The number of hydrogen-bond donors (Lipinski definition) is 1. The number of ether oxygens (including phenoxy) is 1. The van der Waals surface area contributed by atoms with Crippen LogP contribution in [0.4, 0.5) is 0 Å². The van der Waals surface area contributed by atoms with Crippen LogP contribution in [-0.2, 0) is 0 Å². The van der Waals surface area contributed by atoms with Crippen molar-refractivity contribution < 1.29 is 4.74 Å². The number of rotatable bonds is 6. The standard InChI is InChI=1S/C18H22BrNO/c1-4-9-20-18(14-10-13(2)11-15(19)12-14)16-7-5-6-8-17(16)21-3/h5-8,10-12,18,20H,4,9H2,1-3H3. The third kappa shape index (κ3) is 4.08. The predicted octanol–water partition coefficient (Wildman–Crippen LogP) is 4.86. The van der Waals surface area contributed by atoms with Gasteiger partial charge < -0.3 is 10.1 Å². The highest BCUT2D eigenvalue weighted by atomic mass is 79.9. The molecule has 2 aromatic carbocycles. The van der Waals surface area contributed by atoms with Gasteiger partial charge in [-0.15, -0.1) is 0 Å². The fourth-order valence-corrected chi connectivity index (χ4v) is 3.16. The third-order valence-electron chi connectivity index (χ3n) is 3.45. The fraction of sp³-hybridized carbons (Fsp3) is 0.333. The van der Waals surface area contributed by atoms with E-state index in [4.69, 9.17) is 4.74 Å². The lowest BCUT2D eigenvalue weighted by atomic mass is 9.96. The van der Waals surface area contributed by atoms with Crippen molar-refractivity contribution in [3.63, 3.8) is 0 Å². The van der Waals surface area contributed by atoms with Crippen LogP contribution in [0.2, 0.25) is 0 Å². The van der Waals surface area contributed by atoms with Crippen LogP contribution in [0.25, 0.3) is 0 Å². The van der Waals surface area contributed by atoms with Gasteiger partial charge in [-0.05, 0) is 49.2 Å². The second-order valence-corrected chi connectivity index (χ2v) is 6.11. The van der Waals surface area contributed by atoms with Gasteiger partial charge in [-0.1, -0.05) is 47.1 Å². The van der Waals surface area contributed by atoms with Crippen LogP contribution in [0.3, 0.4) is 0 Å². The zero-order valence-corrected chi connectivity index (χ0v) is 14.4. The molecule has 3 heteroatoms. The number of nitrogens with one attached hydrogen (secondary N) is 1. The molecule has 21 heavy (non-hydrogen) atoms. The van der Waals surface area contributed by atoms with Crippen LogP contribution in [0.5, 0.6) is 5.75 Å². The Morgan fingerprint density at radius 2 is 1.95 bits per heavy atom. The summed E-state index contributed by atoms with van der Waals surface area (Å²) in [6.45, 7) is 5.26. The average molecular weight is 348 g/mol. The van der Waals surface area contributed by atoms with Crippen molar-refractivity contribution >= 4 is 15.9 Å². The summed E-state index contributed by atoms with van der Waals surface area (Å²) >= 11 is 3.60. The molecule has 0 fully saturated rings. The van der Waals surface area contributed by atoms with Crippen molar-refractivity contribution in [2.75, 3.05) is 13.7 Å². The number of halogens is 1. The Balaban J connectivity index is 2.46. The minimum atomic E-state index is 0.136. The van der Waals surface area contributed by atoms with Crippen molar-refractivity contribution in [2.45, 2.75) is 26.3 Å². The van der Waals surface area contributed by atoms with Crippen molar-refractivity contribution in [3.05, 3.63) is 63.6 Å². The van der Waals surface area contributed by atoms with E-state index in [1.54, 1.807) is 7.11 Å². The molecule has 0 amide bonds. The lowest BCUT2D eigenvalue weighted by Gasteiger charge is -2.22. The SMILES string of the molecule is CCCNC(c1cc(C)cc(Br)c1)c1ccccc1OC. The Labute approximate surface area is 135 Å². The van der Waals surface area contributed by atoms with Gasteiger partial charge in [0, 0.05) is 10.0 Å². The van der Waals surface area contributed by atoms with E-state index in [2.05, 4.69) is 65.4 Å². The summed E-state index contributed by atoms with van der Waals surface area (Å²) < 4.78 is 6.64. The number of hydrogen-bond acceptors (Lipinski definition) is 2. The maximum Gasteiger partial charge on any atom is 0.123 e. The lowest BCUT2D eigenvalue weighted by Crippen LogP contribution is -2.23. The summed E-state index contributed by atoms with van der Waals surface area (Å²) in [5, 5.41) is 3.63. The first-order chi connectivity index (χ1) is 10.2. The average Bonchev–Trinajstić information content (AvgIpc) is 2.47. The molecule has 2 aromatic rings. The van der Waals surface area contributed by atoms with E-state index < -0.39 is 0 Å². The van der Waals surface area contributed by atoms with Crippen LogP contribution in [0.1, 0.15) is 36.1 Å². The molecule has 0 heterocycles. The second-order valence-electron chi connectivity index (χ2n) is 5.19. The largest absolute Gasteiger partial charge is 0.496 e. The van der Waals surface area contributed by atoms with Crippen molar-refractivity contribution in [1.29, 1.82) is 0 Å². The molecule has 0 aliphatic heterocycles. The molecule has 0 radical (unpaired) electrons. The highest BCUT2D eigenvalue weighted by molar-refractivity contribution is 9.10. The molecule has 1 unspecified atom stereocenters. The molecule has 1 atom stereocenters. The number of para-hydroxylation sites is 1. The summed E-state index contributed by atoms with van der Waals surface area (Å²) in [5.74, 6) is 0.920. The van der Waals surface area contributed by atoms with Gasteiger partial charge in [0.25, 0.3) is 0 Å². The van der Waals surface area contributed by atoms with Crippen LogP contribution >= 0.6 is 15.9 Å². The molecule has 2 nitrogen and oxygen atoms in total. The minimum Gasteiger partial charge on any atom is -0.496 e. The first-order valence-electron chi connectivity index (χ1n) is 7.29. The molecule has 0 aliphatic rings. The Bertz CT molecular complexity index is 577. The van der Waals surface area contributed by atoms with Gasteiger partial charge in [-0.25, -0.2) is 0 Å². The van der Waals surface area contributed by atoms with Gasteiger partial charge in [-0.2, -0.15) is 0 Å². The third-order valence-corrected chi connectivity index (χ3v) is 3.90. The van der Waals surface area contributed by atoms with E-state index in [1.165, 1.54) is 16.7 Å². The van der Waals surface area contributed by atoms with Crippen LogP contribution in [0.15, 0.2) is 46.9 Å². The zero-order valence-electron chi connectivity index (χ0n) is 12.8. The molecule has 1 N–H and O–H groups in total. The smallest absolute Gasteiger partial charge is 0.123 e.